The van der Waals surface area contributed by atoms with E-state index in [0.717, 1.165) is 22.6 Å². The minimum atomic E-state index is -1.04. The molecular formula is C35H32N2O6. The summed E-state index contributed by atoms with van der Waals surface area (Å²) in [4.78, 5) is 30.1. The van der Waals surface area contributed by atoms with Crippen LogP contribution >= 0.6 is 0 Å². The molecule has 0 aliphatic carbocycles. The predicted octanol–water partition coefficient (Wildman–Crippen LogP) is 6.10. The summed E-state index contributed by atoms with van der Waals surface area (Å²) < 4.78 is 11.7. The molecule has 0 fully saturated rings. The second-order valence-electron chi connectivity index (χ2n) is 10.1. The van der Waals surface area contributed by atoms with E-state index in [9.17, 15) is 19.8 Å². The number of para-hydroxylation sites is 1. The number of nitrogens with one attached hydrogen (secondary N) is 1. The molecule has 1 unspecified atom stereocenters. The molecule has 5 rings (SSSR count). The smallest absolute Gasteiger partial charge is 0.326 e. The van der Waals surface area contributed by atoms with Crippen molar-refractivity contribution in [2.45, 2.75) is 32.4 Å². The van der Waals surface area contributed by atoms with Crippen LogP contribution in [0, 0.1) is 6.92 Å². The van der Waals surface area contributed by atoms with Crippen molar-refractivity contribution >= 4 is 17.4 Å². The number of oxazole rings is 1. The number of ketones is 1. The molecule has 0 saturated heterocycles. The summed E-state index contributed by atoms with van der Waals surface area (Å²) in [6.07, 6.45) is 0.774. The lowest BCUT2D eigenvalue weighted by Crippen LogP contribution is -2.32. The van der Waals surface area contributed by atoms with Gasteiger partial charge >= 0.3 is 5.97 Å². The lowest BCUT2D eigenvalue weighted by molar-refractivity contribution is -0.137. The molecule has 0 aliphatic heterocycles. The number of carboxylic acid groups (broad SMARTS) is 1. The van der Waals surface area contributed by atoms with Gasteiger partial charge in [0, 0.05) is 35.2 Å². The van der Waals surface area contributed by atoms with E-state index in [1.54, 1.807) is 48.5 Å². The number of hydrogen-bond acceptors (Lipinski definition) is 7. The normalized spacial score (nSPS) is 11.6. The van der Waals surface area contributed by atoms with Crippen LogP contribution in [0.5, 0.6) is 5.75 Å². The van der Waals surface area contributed by atoms with Crippen LogP contribution < -0.4 is 10.1 Å². The molecule has 0 amide bonds. The first-order valence-electron chi connectivity index (χ1n) is 14.0. The zero-order valence-corrected chi connectivity index (χ0v) is 23.7. The van der Waals surface area contributed by atoms with Crippen LogP contribution in [0.4, 0.5) is 5.69 Å². The first kappa shape index (κ1) is 29.3. The van der Waals surface area contributed by atoms with Gasteiger partial charge in [0.15, 0.2) is 5.78 Å². The monoisotopic (exact) mass is 576 g/mol. The molecule has 8 nitrogen and oxygen atoms in total. The zero-order valence-electron chi connectivity index (χ0n) is 23.7. The van der Waals surface area contributed by atoms with Gasteiger partial charge in [-0.2, -0.15) is 0 Å². The Morgan fingerprint density at radius 3 is 2.40 bits per heavy atom. The van der Waals surface area contributed by atoms with Crippen molar-refractivity contribution < 1.29 is 29.0 Å². The number of ether oxygens (including phenoxy) is 1. The van der Waals surface area contributed by atoms with Crippen molar-refractivity contribution in [1.29, 1.82) is 0 Å². The lowest BCUT2D eigenvalue weighted by Gasteiger charge is -2.18. The summed E-state index contributed by atoms with van der Waals surface area (Å²) >= 11 is 0. The number of nitrogens with zero attached hydrogens (tertiary/aromatic N) is 1. The average molecular weight is 577 g/mol. The molecule has 1 aromatic heterocycles. The van der Waals surface area contributed by atoms with E-state index in [-0.39, 0.29) is 18.8 Å². The molecular weight excluding hydrogens is 544 g/mol. The number of carbonyl (C=O) groups excluding carboxylic acids is 1. The highest BCUT2D eigenvalue weighted by Crippen LogP contribution is 2.24. The quantitative estimate of drug-likeness (QED) is 0.144. The number of carbonyl (C=O) groups is 2. The molecule has 8 heteroatoms. The standard InChI is InChI=1S/C35H32N2O6/c1-23-30(37-34(43-23)26-9-3-2-4-10-26)18-19-42-28-16-14-24(15-17-28)21-32(35(40)41)36-31-13-6-5-12-29(31)33(39)27-11-7-8-25(20-27)22-38/h2-17,20,32,36,38H,18-19,21-22H2,1H3,(H,40,41). The number of carboxylic acids is 1. The maximum Gasteiger partial charge on any atom is 0.326 e. The Balaban J connectivity index is 1.20. The van der Waals surface area contributed by atoms with Crippen LogP contribution in [0.25, 0.3) is 11.5 Å². The third-order valence-electron chi connectivity index (χ3n) is 7.06. The average Bonchev–Trinajstić information content (AvgIpc) is 3.41. The molecule has 5 aromatic rings. The Morgan fingerprint density at radius 1 is 0.907 bits per heavy atom. The van der Waals surface area contributed by atoms with Crippen LogP contribution in [-0.2, 0) is 24.2 Å². The van der Waals surface area contributed by atoms with Crippen LogP contribution in [0.1, 0.15) is 38.5 Å². The van der Waals surface area contributed by atoms with E-state index in [0.29, 0.717) is 47.0 Å². The predicted molar refractivity (Wildman–Crippen MR) is 163 cm³/mol. The van der Waals surface area contributed by atoms with Gasteiger partial charge in [-0.25, -0.2) is 9.78 Å². The molecule has 1 atom stereocenters. The van der Waals surface area contributed by atoms with Gasteiger partial charge < -0.3 is 24.7 Å². The fourth-order valence-corrected chi connectivity index (χ4v) is 4.75. The van der Waals surface area contributed by atoms with Crippen molar-refractivity contribution in [1.82, 2.24) is 4.98 Å². The van der Waals surface area contributed by atoms with Crippen molar-refractivity contribution in [3.05, 3.63) is 137 Å². The third kappa shape index (κ3) is 7.36. The largest absolute Gasteiger partial charge is 0.493 e. The Kier molecular flexibility index (Phi) is 9.29. The minimum Gasteiger partial charge on any atom is -0.493 e. The fourth-order valence-electron chi connectivity index (χ4n) is 4.75. The Bertz CT molecular complexity index is 1700. The van der Waals surface area contributed by atoms with Crippen molar-refractivity contribution in [2.24, 2.45) is 0 Å². The molecule has 0 radical (unpaired) electrons. The number of aliphatic hydroxyl groups is 1. The molecule has 1 heterocycles. The number of aliphatic hydroxyl groups excluding tert-OH is 1. The highest BCUT2D eigenvalue weighted by Gasteiger charge is 2.22. The summed E-state index contributed by atoms with van der Waals surface area (Å²) in [6, 6.07) is 29.6. The maximum absolute atomic E-state index is 13.3. The molecule has 0 spiro atoms. The summed E-state index contributed by atoms with van der Waals surface area (Å²) in [5.74, 6) is 0.701. The summed E-state index contributed by atoms with van der Waals surface area (Å²) in [5.41, 5.74) is 4.37. The highest BCUT2D eigenvalue weighted by atomic mass is 16.5. The van der Waals surface area contributed by atoms with E-state index in [1.807, 2.05) is 61.5 Å². The molecule has 0 aliphatic rings. The molecule has 4 aromatic carbocycles. The minimum absolute atomic E-state index is 0.178. The number of aromatic nitrogens is 1. The third-order valence-corrected chi connectivity index (χ3v) is 7.06. The van der Waals surface area contributed by atoms with Gasteiger partial charge in [0.05, 0.1) is 18.9 Å². The second kappa shape index (κ2) is 13.6. The maximum atomic E-state index is 13.3. The molecule has 0 bridgehead atoms. The van der Waals surface area contributed by atoms with Gasteiger partial charge in [0.2, 0.25) is 5.89 Å². The number of rotatable bonds is 13. The van der Waals surface area contributed by atoms with Gasteiger partial charge in [-0.05, 0) is 60.5 Å². The topological polar surface area (TPSA) is 122 Å². The Labute approximate surface area is 249 Å². The van der Waals surface area contributed by atoms with E-state index in [1.165, 1.54) is 0 Å². The fraction of sp³-hybridized carbons (Fsp3) is 0.171. The Morgan fingerprint density at radius 2 is 1.65 bits per heavy atom. The first-order chi connectivity index (χ1) is 20.9. The van der Waals surface area contributed by atoms with Crippen LogP contribution in [0.2, 0.25) is 0 Å². The van der Waals surface area contributed by atoms with Crippen molar-refractivity contribution in [3.8, 4) is 17.2 Å². The number of hydrogen-bond donors (Lipinski definition) is 3. The second-order valence-corrected chi connectivity index (χ2v) is 10.1. The van der Waals surface area contributed by atoms with Crippen LogP contribution in [-0.4, -0.2) is 39.6 Å². The van der Waals surface area contributed by atoms with Gasteiger partial charge in [-0.1, -0.05) is 60.7 Å². The van der Waals surface area contributed by atoms with E-state index in [4.69, 9.17) is 9.15 Å². The molecule has 218 valence electrons. The highest BCUT2D eigenvalue weighted by molar-refractivity contribution is 6.12. The molecule has 43 heavy (non-hydrogen) atoms. The number of anilines is 1. The van der Waals surface area contributed by atoms with Crippen molar-refractivity contribution in [3.63, 3.8) is 0 Å². The summed E-state index contributed by atoms with van der Waals surface area (Å²) in [7, 11) is 0. The molecule has 3 N–H and O–H groups in total. The zero-order chi connectivity index (χ0) is 30.2. The first-order valence-corrected chi connectivity index (χ1v) is 14.0. The van der Waals surface area contributed by atoms with E-state index in [2.05, 4.69) is 10.3 Å². The van der Waals surface area contributed by atoms with Gasteiger partial charge in [0.25, 0.3) is 0 Å². The number of aryl methyl sites for hydroxylation is 1. The lowest BCUT2D eigenvalue weighted by atomic mass is 9.99. The van der Waals surface area contributed by atoms with Crippen LogP contribution in [0.15, 0.2) is 108 Å². The summed E-state index contributed by atoms with van der Waals surface area (Å²) in [5, 5.41) is 22.5. The van der Waals surface area contributed by atoms with Crippen molar-refractivity contribution in [2.75, 3.05) is 11.9 Å². The van der Waals surface area contributed by atoms with Gasteiger partial charge in [0.1, 0.15) is 17.6 Å². The van der Waals surface area contributed by atoms with Gasteiger partial charge in [-0.3, -0.25) is 4.79 Å². The van der Waals surface area contributed by atoms with Crippen LogP contribution in [0.3, 0.4) is 0 Å². The van der Waals surface area contributed by atoms with Gasteiger partial charge in [-0.15, -0.1) is 0 Å². The SMILES string of the molecule is Cc1oc(-c2ccccc2)nc1CCOc1ccc(CC(Nc2ccccc2C(=O)c2cccc(CO)c2)C(=O)O)cc1. The van der Waals surface area contributed by atoms with E-state index < -0.39 is 12.0 Å². The van der Waals surface area contributed by atoms with E-state index >= 15 is 0 Å². The Hall–Kier alpha value is -5.21. The number of benzene rings is 4. The summed E-state index contributed by atoms with van der Waals surface area (Å²) in [6.45, 7) is 2.12. The molecule has 0 saturated carbocycles. The number of aliphatic carboxylic acids is 1.